The highest BCUT2D eigenvalue weighted by Gasteiger charge is 2.12. The lowest BCUT2D eigenvalue weighted by Crippen LogP contribution is -2.27. The molecule has 1 atom stereocenters. The summed E-state index contributed by atoms with van der Waals surface area (Å²) >= 11 is 0. The van der Waals surface area contributed by atoms with Crippen LogP contribution in [0.3, 0.4) is 0 Å². The maximum atomic E-state index is 5.82. The number of aryl methyl sites for hydroxylation is 2. The summed E-state index contributed by atoms with van der Waals surface area (Å²) in [6, 6.07) is 7.00. The Morgan fingerprint density at radius 2 is 1.84 bits per heavy atom. The lowest BCUT2D eigenvalue weighted by atomic mass is 10.0. The van der Waals surface area contributed by atoms with E-state index in [2.05, 4.69) is 58.1 Å². The van der Waals surface area contributed by atoms with Gasteiger partial charge in [0.25, 0.3) is 0 Å². The highest BCUT2D eigenvalue weighted by molar-refractivity contribution is 5.31. The molecule has 0 saturated heterocycles. The second kappa shape index (κ2) is 8.34. The molecule has 1 N–H and O–H groups in total. The van der Waals surface area contributed by atoms with Gasteiger partial charge in [0.15, 0.2) is 0 Å². The fourth-order valence-electron chi connectivity index (χ4n) is 1.99. The van der Waals surface area contributed by atoms with Crippen LogP contribution in [0.4, 0.5) is 0 Å². The predicted octanol–water partition coefficient (Wildman–Crippen LogP) is 4.02. The number of benzene rings is 1. The Kier molecular flexibility index (Phi) is 7.11. The van der Waals surface area contributed by atoms with E-state index in [9.17, 15) is 0 Å². The van der Waals surface area contributed by atoms with Crippen molar-refractivity contribution in [2.75, 3.05) is 19.8 Å². The average Bonchev–Trinajstić information content (AvgIpc) is 2.36. The van der Waals surface area contributed by atoms with Crippen LogP contribution >= 0.6 is 0 Å². The molecule has 19 heavy (non-hydrogen) atoms. The lowest BCUT2D eigenvalue weighted by Gasteiger charge is -2.20. The minimum atomic E-state index is 0.304. The van der Waals surface area contributed by atoms with Gasteiger partial charge < -0.3 is 10.1 Å². The summed E-state index contributed by atoms with van der Waals surface area (Å²) in [4.78, 5) is 0. The third-order valence-electron chi connectivity index (χ3n) is 3.31. The molecule has 0 saturated carbocycles. The SMILES string of the molecule is CCCNC(COCC(C)C)c1ccc(C)c(C)c1. The maximum Gasteiger partial charge on any atom is 0.0661 e. The first-order chi connectivity index (χ1) is 9.04. The molecule has 1 rings (SSSR count). The average molecular weight is 263 g/mol. The zero-order valence-corrected chi connectivity index (χ0v) is 13.1. The highest BCUT2D eigenvalue weighted by Crippen LogP contribution is 2.18. The van der Waals surface area contributed by atoms with Crippen LogP contribution in [0, 0.1) is 19.8 Å². The fourth-order valence-corrected chi connectivity index (χ4v) is 1.99. The molecule has 0 aliphatic heterocycles. The fraction of sp³-hybridized carbons (Fsp3) is 0.647. The van der Waals surface area contributed by atoms with Gasteiger partial charge in [-0.2, -0.15) is 0 Å². The van der Waals surface area contributed by atoms with Gasteiger partial charge in [0.2, 0.25) is 0 Å². The molecule has 0 aromatic heterocycles. The standard InChI is InChI=1S/C17H29NO/c1-6-9-18-17(12-19-11-13(2)3)16-8-7-14(4)15(5)10-16/h7-8,10,13,17-18H,6,9,11-12H2,1-5H3. The Morgan fingerprint density at radius 3 is 2.42 bits per heavy atom. The largest absolute Gasteiger partial charge is 0.379 e. The molecule has 0 fully saturated rings. The van der Waals surface area contributed by atoms with Crippen LogP contribution in [0.15, 0.2) is 18.2 Å². The summed E-state index contributed by atoms with van der Waals surface area (Å²) in [6.45, 7) is 13.5. The smallest absolute Gasteiger partial charge is 0.0661 e. The van der Waals surface area contributed by atoms with Crippen LogP contribution in [0.2, 0.25) is 0 Å². The van der Waals surface area contributed by atoms with Crippen LogP contribution < -0.4 is 5.32 Å². The molecule has 2 nitrogen and oxygen atoms in total. The van der Waals surface area contributed by atoms with Gasteiger partial charge >= 0.3 is 0 Å². The minimum absolute atomic E-state index is 0.304. The monoisotopic (exact) mass is 263 g/mol. The van der Waals surface area contributed by atoms with Crippen molar-refractivity contribution in [2.45, 2.75) is 47.1 Å². The number of ether oxygens (including phenoxy) is 1. The number of rotatable bonds is 8. The van der Waals surface area contributed by atoms with E-state index in [1.165, 1.54) is 16.7 Å². The van der Waals surface area contributed by atoms with Crippen LogP contribution in [-0.2, 0) is 4.74 Å². The Balaban J connectivity index is 2.68. The normalized spacial score (nSPS) is 12.9. The van der Waals surface area contributed by atoms with E-state index in [-0.39, 0.29) is 0 Å². The Morgan fingerprint density at radius 1 is 1.11 bits per heavy atom. The van der Waals surface area contributed by atoms with Crippen molar-refractivity contribution < 1.29 is 4.74 Å². The van der Waals surface area contributed by atoms with Gasteiger partial charge in [-0.3, -0.25) is 0 Å². The summed E-state index contributed by atoms with van der Waals surface area (Å²) < 4.78 is 5.82. The zero-order valence-electron chi connectivity index (χ0n) is 13.1. The zero-order chi connectivity index (χ0) is 14.3. The van der Waals surface area contributed by atoms with Gasteiger partial charge in [-0.1, -0.05) is 39.0 Å². The van der Waals surface area contributed by atoms with Crippen molar-refractivity contribution >= 4 is 0 Å². The molecule has 0 bridgehead atoms. The van der Waals surface area contributed by atoms with E-state index >= 15 is 0 Å². The first-order valence-corrected chi connectivity index (χ1v) is 7.42. The van der Waals surface area contributed by atoms with Gasteiger partial charge in [0, 0.05) is 6.61 Å². The van der Waals surface area contributed by atoms with E-state index in [1.54, 1.807) is 0 Å². The van der Waals surface area contributed by atoms with Crippen molar-refractivity contribution in [3.63, 3.8) is 0 Å². The molecular weight excluding hydrogens is 234 g/mol. The summed E-state index contributed by atoms with van der Waals surface area (Å²) in [5.74, 6) is 0.589. The molecule has 2 heteroatoms. The second-order valence-electron chi connectivity index (χ2n) is 5.78. The summed E-state index contributed by atoms with van der Waals surface area (Å²) in [5, 5.41) is 3.58. The lowest BCUT2D eigenvalue weighted by molar-refractivity contribution is 0.0901. The molecule has 1 unspecified atom stereocenters. The second-order valence-corrected chi connectivity index (χ2v) is 5.78. The van der Waals surface area contributed by atoms with Crippen molar-refractivity contribution in [1.29, 1.82) is 0 Å². The van der Waals surface area contributed by atoms with Crippen molar-refractivity contribution in [3.05, 3.63) is 34.9 Å². The van der Waals surface area contributed by atoms with Gasteiger partial charge in [-0.15, -0.1) is 0 Å². The molecule has 108 valence electrons. The first-order valence-electron chi connectivity index (χ1n) is 7.42. The van der Waals surface area contributed by atoms with Crippen molar-refractivity contribution in [1.82, 2.24) is 5.32 Å². The Hall–Kier alpha value is -0.860. The third-order valence-corrected chi connectivity index (χ3v) is 3.31. The topological polar surface area (TPSA) is 21.3 Å². The molecule has 0 aliphatic carbocycles. The van der Waals surface area contributed by atoms with E-state index in [0.29, 0.717) is 12.0 Å². The summed E-state index contributed by atoms with van der Waals surface area (Å²) in [5.41, 5.74) is 4.03. The highest BCUT2D eigenvalue weighted by atomic mass is 16.5. The maximum absolute atomic E-state index is 5.82. The van der Waals surface area contributed by atoms with E-state index in [4.69, 9.17) is 4.74 Å². The molecule has 0 radical (unpaired) electrons. The van der Waals surface area contributed by atoms with Crippen LogP contribution in [0.1, 0.15) is 49.9 Å². The molecule has 0 aliphatic rings. The van der Waals surface area contributed by atoms with E-state index < -0.39 is 0 Å². The molecule has 1 aromatic carbocycles. The quantitative estimate of drug-likeness (QED) is 0.765. The molecule has 0 spiro atoms. The van der Waals surface area contributed by atoms with Crippen LogP contribution in [0.5, 0.6) is 0 Å². The van der Waals surface area contributed by atoms with Crippen molar-refractivity contribution in [3.8, 4) is 0 Å². The van der Waals surface area contributed by atoms with Gasteiger partial charge in [-0.05, 0) is 49.4 Å². The number of hydrogen-bond donors (Lipinski definition) is 1. The van der Waals surface area contributed by atoms with Gasteiger partial charge in [0.05, 0.1) is 12.6 Å². The van der Waals surface area contributed by atoms with Crippen LogP contribution in [0.25, 0.3) is 0 Å². The summed E-state index contributed by atoms with van der Waals surface area (Å²) in [6.07, 6.45) is 1.14. The van der Waals surface area contributed by atoms with Crippen LogP contribution in [-0.4, -0.2) is 19.8 Å². The van der Waals surface area contributed by atoms with Crippen molar-refractivity contribution in [2.24, 2.45) is 5.92 Å². The Bertz CT molecular complexity index is 374. The molecule has 0 heterocycles. The third kappa shape index (κ3) is 5.75. The van der Waals surface area contributed by atoms with Gasteiger partial charge in [-0.25, -0.2) is 0 Å². The van der Waals surface area contributed by atoms with E-state index in [1.807, 2.05) is 0 Å². The number of nitrogens with one attached hydrogen (secondary N) is 1. The van der Waals surface area contributed by atoms with E-state index in [0.717, 1.165) is 26.2 Å². The molecule has 1 aromatic rings. The predicted molar refractivity (Wildman–Crippen MR) is 82.6 cm³/mol. The first kappa shape index (κ1) is 16.2. The summed E-state index contributed by atoms with van der Waals surface area (Å²) in [7, 11) is 0. The Labute approximate surface area is 118 Å². The van der Waals surface area contributed by atoms with Gasteiger partial charge in [0.1, 0.15) is 0 Å². The number of hydrogen-bond acceptors (Lipinski definition) is 2. The molecule has 0 amide bonds. The minimum Gasteiger partial charge on any atom is -0.379 e. The molecular formula is C17H29NO.